The summed E-state index contributed by atoms with van der Waals surface area (Å²) in [4.78, 5) is 15.8. The fourth-order valence-electron chi connectivity index (χ4n) is 1.71. The number of nitrogens with zero attached hydrogens (tertiary/aromatic N) is 3. The summed E-state index contributed by atoms with van der Waals surface area (Å²) < 4.78 is 31.6. The van der Waals surface area contributed by atoms with Gasteiger partial charge in [0.25, 0.3) is 12.3 Å². The van der Waals surface area contributed by atoms with E-state index in [1.807, 2.05) is 4.57 Å². The van der Waals surface area contributed by atoms with Crippen LogP contribution in [0.15, 0.2) is 18.6 Å². The molecule has 0 atom stereocenters. The van der Waals surface area contributed by atoms with E-state index in [-0.39, 0.29) is 17.9 Å². The summed E-state index contributed by atoms with van der Waals surface area (Å²) in [6, 6.07) is 1.03. The largest absolute Gasteiger partial charge is 0.383 e. The van der Waals surface area contributed by atoms with Gasteiger partial charge in [-0.2, -0.15) is 5.10 Å². The number of imidazole rings is 1. The van der Waals surface area contributed by atoms with Crippen LogP contribution in [0.3, 0.4) is 0 Å². The molecule has 1 amide bonds. The van der Waals surface area contributed by atoms with Crippen molar-refractivity contribution in [3.05, 3.63) is 35.7 Å². The van der Waals surface area contributed by atoms with Gasteiger partial charge in [0.15, 0.2) is 0 Å². The van der Waals surface area contributed by atoms with Gasteiger partial charge in [0.05, 0.1) is 25.2 Å². The standard InChI is InChI=1S/C12H15F2N5O2/c1-21-3-2-19-7-15-5-8(19)6-16-12(20)10-4-9(11(13)14)17-18-10/h4-5,7,11H,2-3,6H2,1H3,(H,16,20)(H,17,18). The molecule has 2 heterocycles. The Morgan fingerprint density at radius 1 is 1.57 bits per heavy atom. The molecule has 0 spiro atoms. The molecule has 0 aliphatic rings. The van der Waals surface area contributed by atoms with Gasteiger partial charge < -0.3 is 14.6 Å². The van der Waals surface area contributed by atoms with Gasteiger partial charge in [-0.1, -0.05) is 0 Å². The first-order valence-electron chi connectivity index (χ1n) is 6.21. The molecule has 0 radical (unpaired) electrons. The number of amides is 1. The van der Waals surface area contributed by atoms with E-state index in [4.69, 9.17) is 4.74 Å². The van der Waals surface area contributed by atoms with E-state index in [1.165, 1.54) is 0 Å². The first-order chi connectivity index (χ1) is 10.1. The van der Waals surface area contributed by atoms with Gasteiger partial charge in [0, 0.05) is 19.9 Å². The molecule has 114 valence electrons. The molecule has 0 unspecified atom stereocenters. The fraction of sp³-hybridized carbons (Fsp3) is 0.417. The molecule has 0 bridgehead atoms. The number of carbonyl (C=O) groups excluding carboxylic acids is 1. The number of methoxy groups -OCH3 is 1. The van der Waals surface area contributed by atoms with Crippen molar-refractivity contribution in [2.75, 3.05) is 13.7 Å². The van der Waals surface area contributed by atoms with E-state index in [2.05, 4.69) is 20.5 Å². The van der Waals surface area contributed by atoms with Crippen LogP contribution in [0.25, 0.3) is 0 Å². The highest BCUT2D eigenvalue weighted by molar-refractivity contribution is 5.92. The van der Waals surface area contributed by atoms with E-state index in [9.17, 15) is 13.6 Å². The smallest absolute Gasteiger partial charge is 0.279 e. The third-order valence-corrected chi connectivity index (χ3v) is 2.83. The molecular weight excluding hydrogens is 284 g/mol. The predicted molar refractivity (Wildman–Crippen MR) is 68.8 cm³/mol. The van der Waals surface area contributed by atoms with Crippen molar-refractivity contribution in [1.82, 2.24) is 25.1 Å². The zero-order chi connectivity index (χ0) is 15.2. The number of H-pyrrole nitrogens is 1. The van der Waals surface area contributed by atoms with E-state index in [0.29, 0.717) is 13.2 Å². The molecule has 2 aromatic heterocycles. The Labute approximate surface area is 119 Å². The van der Waals surface area contributed by atoms with Gasteiger partial charge >= 0.3 is 0 Å². The van der Waals surface area contributed by atoms with Gasteiger partial charge in [-0.3, -0.25) is 9.89 Å². The average Bonchev–Trinajstić information content (AvgIpc) is 3.11. The molecular formula is C12H15F2N5O2. The van der Waals surface area contributed by atoms with Crippen LogP contribution in [-0.2, 0) is 17.8 Å². The molecule has 0 saturated carbocycles. The molecule has 9 heteroatoms. The predicted octanol–water partition coefficient (Wildman–Crippen LogP) is 1.12. The number of halogens is 2. The number of rotatable bonds is 7. The van der Waals surface area contributed by atoms with Crippen molar-refractivity contribution in [2.45, 2.75) is 19.5 Å². The van der Waals surface area contributed by atoms with Crippen molar-refractivity contribution in [3.8, 4) is 0 Å². The lowest BCUT2D eigenvalue weighted by atomic mass is 10.3. The molecule has 0 aliphatic heterocycles. The summed E-state index contributed by atoms with van der Waals surface area (Å²) in [6.45, 7) is 1.35. The van der Waals surface area contributed by atoms with Gasteiger partial charge in [0.1, 0.15) is 11.4 Å². The van der Waals surface area contributed by atoms with Crippen LogP contribution >= 0.6 is 0 Å². The normalized spacial score (nSPS) is 11.0. The zero-order valence-corrected chi connectivity index (χ0v) is 11.3. The molecule has 7 nitrogen and oxygen atoms in total. The number of aromatic amines is 1. The monoisotopic (exact) mass is 299 g/mol. The molecule has 0 aliphatic carbocycles. The van der Waals surface area contributed by atoms with Crippen molar-refractivity contribution in [1.29, 1.82) is 0 Å². The number of carbonyl (C=O) groups is 1. The maximum absolute atomic E-state index is 12.4. The maximum atomic E-state index is 12.4. The minimum atomic E-state index is -2.69. The van der Waals surface area contributed by atoms with Crippen LogP contribution in [0.4, 0.5) is 8.78 Å². The van der Waals surface area contributed by atoms with Gasteiger partial charge in [-0.25, -0.2) is 13.8 Å². The zero-order valence-electron chi connectivity index (χ0n) is 11.3. The van der Waals surface area contributed by atoms with Gasteiger partial charge in [-0.05, 0) is 6.07 Å². The quantitative estimate of drug-likeness (QED) is 0.802. The van der Waals surface area contributed by atoms with E-state index < -0.39 is 12.3 Å². The van der Waals surface area contributed by atoms with Crippen LogP contribution in [0, 0.1) is 0 Å². The average molecular weight is 299 g/mol. The van der Waals surface area contributed by atoms with Crippen molar-refractivity contribution < 1.29 is 18.3 Å². The topological polar surface area (TPSA) is 84.8 Å². The minimum Gasteiger partial charge on any atom is -0.383 e. The maximum Gasteiger partial charge on any atom is 0.279 e. The van der Waals surface area contributed by atoms with E-state index in [0.717, 1.165) is 11.8 Å². The third kappa shape index (κ3) is 3.85. The summed E-state index contributed by atoms with van der Waals surface area (Å²) in [5.41, 5.74) is 0.323. The fourth-order valence-corrected chi connectivity index (χ4v) is 1.71. The Morgan fingerprint density at radius 3 is 3.05 bits per heavy atom. The van der Waals surface area contributed by atoms with Crippen LogP contribution < -0.4 is 5.32 Å². The number of hydrogen-bond acceptors (Lipinski definition) is 4. The Hall–Kier alpha value is -2.29. The minimum absolute atomic E-state index is 0.0757. The first-order valence-corrected chi connectivity index (χ1v) is 6.21. The van der Waals surface area contributed by atoms with Crippen LogP contribution in [0.5, 0.6) is 0 Å². The Balaban J connectivity index is 1.93. The highest BCUT2D eigenvalue weighted by Crippen LogP contribution is 2.16. The second-order valence-electron chi connectivity index (χ2n) is 4.26. The van der Waals surface area contributed by atoms with E-state index in [1.54, 1.807) is 19.6 Å². The SMILES string of the molecule is COCCn1cncc1CNC(=O)c1cc(C(F)F)[nH]n1. The number of aromatic nitrogens is 4. The molecule has 0 aromatic carbocycles. The third-order valence-electron chi connectivity index (χ3n) is 2.83. The van der Waals surface area contributed by atoms with Gasteiger partial charge in [0.2, 0.25) is 0 Å². The molecule has 2 aromatic rings. The summed E-state index contributed by atoms with van der Waals surface area (Å²) in [6.07, 6.45) is 0.559. The lowest BCUT2D eigenvalue weighted by Gasteiger charge is -2.08. The summed E-state index contributed by atoms with van der Waals surface area (Å²) in [5, 5.41) is 8.28. The van der Waals surface area contributed by atoms with Crippen molar-refractivity contribution >= 4 is 5.91 Å². The summed E-state index contributed by atoms with van der Waals surface area (Å²) in [5.74, 6) is -0.530. The Morgan fingerprint density at radius 2 is 2.38 bits per heavy atom. The van der Waals surface area contributed by atoms with E-state index >= 15 is 0 Å². The summed E-state index contributed by atoms with van der Waals surface area (Å²) in [7, 11) is 1.59. The number of nitrogens with one attached hydrogen (secondary N) is 2. The van der Waals surface area contributed by atoms with Gasteiger partial charge in [-0.15, -0.1) is 0 Å². The second kappa shape index (κ2) is 6.93. The molecule has 2 N–H and O–H groups in total. The first kappa shape index (κ1) is 15.1. The molecule has 2 rings (SSSR count). The number of alkyl halides is 2. The Bertz CT molecular complexity index is 596. The van der Waals surface area contributed by atoms with Crippen LogP contribution in [-0.4, -0.2) is 39.4 Å². The molecule has 0 fully saturated rings. The lowest BCUT2D eigenvalue weighted by Crippen LogP contribution is -2.24. The number of hydrogen-bond donors (Lipinski definition) is 2. The lowest BCUT2D eigenvalue weighted by molar-refractivity contribution is 0.0945. The highest BCUT2D eigenvalue weighted by atomic mass is 19.3. The highest BCUT2D eigenvalue weighted by Gasteiger charge is 2.15. The van der Waals surface area contributed by atoms with Crippen LogP contribution in [0.2, 0.25) is 0 Å². The number of ether oxygens (including phenoxy) is 1. The second-order valence-corrected chi connectivity index (χ2v) is 4.26. The van der Waals surface area contributed by atoms with Crippen LogP contribution in [0.1, 0.15) is 28.3 Å². The summed E-state index contributed by atoms with van der Waals surface area (Å²) >= 11 is 0. The Kier molecular flexibility index (Phi) is 4.99. The van der Waals surface area contributed by atoms with Crippen molar-refractivity contribution in [2.24, 2.45) is 0 Å². The molecule has 0 saturated heterocycles. The molecule has 21 heavy (non-hydrogen) atoms. The van der Waals surface area contributed by atoms with Crippen molar-refractivity contribution in [3.63, 3.8) is 0 Å².